The number of halogens is 2. The van der Waals surface area contributed by atoms with E-state index in [4.69, 9.17) is 27.9 Å². The quantitative estimate of drug-likeness (QED) is 0.627. The van der Waals surface area contributed by atoms with Crippen LogP contribution in [0.25, 0.3) is 0 Å². The van der Waals surface area contributed by atoms with Crippen molar-refractivity contribution in [2.24, 2.45) is 0 Å². The second-order valence-electron chi connectivity index (χ2n) is 5.69. The minimum absolute atomic E-state index is 0.0684. The Kier molecular flexibility index (Phi) is 7.95. The normalized spacial score (nSPS) is 10.4. The lowest BCUT2D eigenvalue weighted by atomic mass is 10.1. The van der Waals surface area contributed by atoms with Crippen molar-refractivity contribution in [3.8, 4) is 5.75 Å². The minimum Gasteiger partial charge on any atom is -0.494 e. The van der Waals surface area contributed by atoms with Gasteiger partial charge in [-0.1, -0.05) is 35.3 Å². The number of carbonyl (C=O) groups is 2. The molecule has 0 fully saturated rings. The first-order chi connectivity index (χ1) is 12.5. The molecule has 0 bridgehead atoms. The molecule has 2 rings (SSSR count). The fraction of sp³-hybridized carbons (Fsp3) is 0.300. The van der Waals surface area contributed by atoms with Gasteiger partial charge in [0.2, 0.25) is 5.91 Å². The van der Waals surface area contributed by atoms with Crippen LogP contribution in [0, 0.1) is 0 Å². The average Bonchev–Trinajstić information content (AvgIpc) is 2.64. The molecule has 0 saturated heterocycles. The van der Waals surface area contributed by atoms with Gasteiger partial charge in [0, 0.05) is 24.9 Å². The Bertz CT molecular complexity index is 760. The number of hydrogen-bond acceptors (Lipinski definition) is 3. The Morgan fingerprint density at radius 3 is 2.46 bits per heavy atom. The largest absolute Gasteiger partial charge is 0.494 e. The number of Topliss-reactive ketones (excluding diaryl/α,β-unsaturated/α-hetero) is 1. The molecule has 0 unspecified atom stereocenters. The molecule has 1 amide bonds. The maximum atomic E-state index is 12.1. The van der Waals surface area contributed by atoms with Crippen molar-refractivity contribution in [3.05, 3.63) is 63.6 Å². The van der Waals surface area contributed by atoms with Crippen molar-refractivity contribution in [2.45, 2.75) is 26.2 Å². The predicted octanol–water partition coefficient (Wildman–Crippen LogP) is 4.71. The molecule has 138 valence electrons. The summed E-state index contributed by atoms with van der Waals surface area (Å²) >= 11 is 12.1. The van der Waals surface area contributed by atoms with Crippen molar-refractivity contribution in [1.82, 2.24) is 5.32 Å². The Labute approximate surface area is 163 Å². The van der Waals surface area contributed by atoms with Crippen molar-refractivity contribution in [2.75, 3.05) is 13.2 Å². The van der Waals surface area contributed by atoms with E-state index in [0.717, 1.165) is 11.3 Å². The third-order valence-electron chi connectivity index (χ3n) is 3.81. The number of carbonyl (C=O) groups excluding carboxylic acids is 2. The standard InChI is InChI=1S/C20H21Cl2NO3/c1-2-26-16-8-6-14(7-9-16)18(24)10-11-19(25)23-13-12-15-4-3-5-17(21)20(15)22/h3-9H,2,10-13H2,1H3,(H,23,25). The van der Waals surface area contributed by atoms with Gasteiger partial charge >= 0.3 is 0 Å². The summed E-state index contributed by atoms with van der Waals surface area (Å²) in [7, 11) is 0. The zero-order valence-corrected chi connectivity index (χ0v) is 16.1. The molecule has 0 aliphatic heterocycles. The first-order valence-corrected chi connectivity index (χ1v) is 9.22. The van der Waals surface area contributed by atoms with Crippen molar-refractivity contribution < 1.29 is 14.3 Å². The lowest BCUT2D eigenvalue weighted by Crippen LogP contribution is -2.26. The molecular formula is C20H21Cl2NO3. The van der Waals surface area contributed by atoms with Gasteiger partial charge in [0.15, 0.2) is 5.78 Å². The Morgan fingerprint density at radius 1 is 1.04 bits per heavy atom. The molecule has 0 spiro atoms. The van der Waals surface area contributed by atoms with E-state index in [2.05, 4.69) is 5.32 Å². The van der Waals surface area contributed by atoms with Crippen LogP contribution in [0.15, 0.2) is 42.5 Å². The van der Waals surface area contributed by atoms with Gasteiger partial charge in [-0.25, -0.2) is 0 Å². The van der Waals surface area contributed by atoms with E-state index in [1.807, 2.05) is 19.1 Å². The molecule has 4 nitrogen and oxygen atoms in total. The highest BCUT2D eigenvalue weighted by Gasteiger charge is 2.10. The fourth-order valence-electron chi connectivity index (χ4n) is 2.44. The second kappa shape index (κ2) is 10.2. The monoisotopic (exact) mass is 393 g/mol. The van der Waals surface area contributed by atoms with Gasteiger partial charge < -0.3 is 10.1 Å². The molecule has 0 radical (unpaired) electrons. The van der Waals surface area contributed by atoms with Crippen molar-refractivity contribution in [1.29, 1.82) is 0 Å². The van der Waals surface area contributed by atoms with Gasteiger partial charge in [0.05, 0.1) is 16.7 Å². The van der Waals surface area contributed by atoms with Crippen LogP contribution in [0.2, 0.25) is 10.0 Å². The van der Waals surface area contributed by atoms with Crippen molar-refractivity contribution in [3.63, 3.8) is 0 Å². The zero-order valence-electron chi connectivity index (χ0n) is 14.6. The molecule has 0 aromatic heterocycles. The number of benzene rings is 2. The number of amides is 1. The number of ketones is 1. The maximum Gasteiger partial charge on any atom is 0.220 e. The molecule has 26 heavy (non-hydrogen) atoms. The summed E-state index contributed by atoms with van der Waals surface area (Å²) in [4.78, 5) is 24.1. The summed E-state index contributed by atoms with van der Waals surface area (Å²) in [6.07, 6.45) is 0.894. The van der Waals surface area contributed by atoms with Crippen LogP contribution in [0.4, 0.5) is 0 Å². The molecule has 0 heterocycles. The van der Waals surface area contributed by atoms with E-state index < -0.39 is 0 Å². The third-order valence-corrected chi connectivity index (χ3v) is 4.67. The van der Waals surface area contributed by atoms with Gasteiger partial charge in [-0.15, -0.1) is 0 Å². The topological polar surface area (TPSA) is 55.4 Å². The molecule has 2 aromatic rings. The van der Waals surface area contributed by atoms with Crippen LogP contribution < -0.4 is 10.1 Å². The van der Waals surface area contributed by atoms with E-state index >= 15 is 0 Å². The molecule has 0 aliphatic carbocycles. The molecule has 1 N–H and O–H groups in total. The van der Waals surface area contributed by atoms with Gasteiger partial charge in [0.25, 0.3) is 0 Å². The third kappa shape index (κ3) is 6.04. The van der Waals surface area contributed by atoms with Crippen LogP contribution in [0.5, 0.6) is 5.75 Å². The molecule has 0 atom stereocenters. The summed E-state index contributed by atoms with van der Waals surface area (Å²) < 4.78 is 5.34. The van der Waals surface area contributed by atoms with E-state index in [1.54, 1.807) is 30.3 Å². The Morgan fingerprint density at radius 2 is 1.77 bits per heavy atom. The van der Waals surface area contributed by atoms with E-state index in [-0.39, 0.29) is 24.5 Å². The molecular weight excluding hydrogens is 373 g/mol. The van der Waals surface area contributed by atoms with Crippen LogP contribution in [-0.2, 0) is 11.2 Å². The van der Waals surface area contributed by atoms with Gasteiger partial charge in [-0.05, 0) is 49.2 Å². The Hall–Kier alpha value is -2.04. The number of rotatable bonds is 9. The van der Waals surface area contributed by atoms with Crippen LogP contribution in [0.3, 0.4) is 0 Å². The van der Waals surface area contributed by atoms with Gasteiger partial charge in [-0.2, -0.15) is 0 Å². The highest BCUT2D eigenvalue weighted by Crippen LogP contribution is 2.25. The maximum absolute atomic E-state index is 12.1. The minimum atomic E-state index is -0.164. The summed E-state index contributed by atoms with van der Waals surface area (Å²) in [6, 6.07) is 12.4. The van der Waals surface area contributed by atoms with E-state index in [1.165, 1.54) is 0 Å². The number of nitrogens with one attached hydrogen (secondary N) is 1. The summed E-state index contributed by atoms with van der Waals surface area (Å²) in [6.45, 7) is 2.92. The highest BCUT2D eigenvalue weighted by atomic mass is 35.5. The lowest BCUT2D eigenvalue weighted by Gasteiger charge is -2.08. The molecule has 0 saturated carbocycles. The summed E-state index contributed by atoms with van der Waals surface area (Å²) in [5.74, 6) is 0.491. The highest BCUT2D eigenvalue weighted by molar-refractivity contribution is 6.42. The van der Waals surface area contributed by atoms with E-state index in [9.17, 15) is 9.59 Å². The molecule has 2 aromatic carbocycles. The van der Waals surface area contributed by atoms with Crippen LogP contribution in [-0.4, -0.2) is 24.8 Å². The molecule has 6 heteroatoms. The zero-order chi connectivity index (χ0) is 18.9. The second-order valence-corrected chi connectivity index (χ2v) is 6.48. The number of ether oxygens (including phenoxy) is 1. The first-order valence-electron chi connectivity index (χ1n) is 8.47. The van der Waals surface area contributed by atoms with Crippen LogP contribution >= 0.6 is 23.2 Å². The van der Waals surface area contributed by atoms with Gasteiger partial charge in [-0.3, -0.25) is 9.59 Å². The van der Waals surface area contributed by atoms with Crippen molar-refractivity contribution >= 4 is 34.9 Å². The van der Waals surface area contributed by atoms with Gasteiger partial charge in [0.1, 0.15) is 5.75 Å². The average molecular weight is 394 g/mol. The Balaban J connectivity index is 1.74. The van der Waals surface area contributed by atoms with E-state index in [0.29, 0.717) is 35.2 Å². The molecule has 0 aliphatic rings. The number of hydrogen-bond donors (Lipinski definition) is 1. The summed E-state index contributed by atoms with van der Waals surface area (Å²) in [5.41, 5.74) is 1.46. The SMILES string of the molecule is CCOc1ccc(C(=O)CCC(=O)NCCc2cccc(Cl)c2Cl)cc1. The van der Waals surface area contributed by atoms with Crippen LogP contribution in [0.1, 0.15) is 35.7 Å². The summed E-state index contributed by atoms with van der Waals surface area (Å²) in [5, 5.41) is 3.80. The smallest absolute Gasteiger partial charge is 0.220 e. The fourth-order valence-corrected chi connectivity index (χ4v) is 2.86. The first kappa shape index (κ1) is 20.3. The predicted molar refractivity (Wildman–Crippen MR) is 104 cm³/mol. The lowest BCUT2D eigenvalue weighted by molar-refractivity contribution is -0.121.